The van der Waals surface area contributed by atoms with Gasteiger partial charge in [-0.3, -0.25) is 0 Å². The van der Waals surface area contributed by atoms with Gasteiger partial charge in [-0.2, -0.15) is 10.2 Å². The Bertz CT molecular complexity index is 373. The van der Waals surface area contributed by atoms with Gasteiger partial charge in [0.2, 0.25) is 0 Å². The molecule has 0 spiro atoms. The van der Waals surface area contributed by atoms with Crippen LogP contribution in [0.3, 0.4) is 0 Å². The van der Waals surface area contributed by atoms with Crippen molar-refractivity contribution >= 4 is 5.71 Å². The highest BCUT2D eigenvalue weighted by Gasteiger charge is 2.15. The summed E-state index contributed by atoms with van der Waals surface area (Å²) in [5, 5.41) is 16.2. The van der Waals surface area contributed by atoms with Crippen molar-refractivity contribution < 1.29 is 0 Å². The number of fused-ring (bicyclic) bond motifs is 1. The van der Waals surface area contributed by atoms with Crippen LogP contribution in [0.5, 0.6) is 0 Å². The van der Waals surface area contributed by atoms with E-state index in [0.717, 1.165) is 37.1 Å². The van der Waals surface area contributed by atoms with E-state index in [2.05, 4.69) is 23.2 Å². The van der Waals surface area contributed by atoms with Crippen molar-refractivity contribution in [2.75, 3.05) is 0 Å². The molecule has 0 aromatic carbocycles. The molecule has 1 heterocycles. The molecule has 1 atom stereocenters. The molecule has 3 nitrogen and oxygen atoms in total. The number of hydrogen-bond donors (Lipinski definition) is 1. The molecule has 1 N–H and O–H groups in total. The van der Waals surface area contributed by atoms with Gasteiger partial charge >= 0.3 is 0 Å². The van der Waals surface area contributed by atoms with Crippen LogP contribution in [0.1, 0.15) is 43.9 Å². The molecule has 0 aliphatic heterocycles. The Labute approximate surface area is 96.8 Å². The third-order valence-corrected chi connectivity index (χ3v) is 3.38. The minimum Gasteiger partial charge on any atom is -0.309 e. The Kier molecular flexibility index (Phi) is 3.65. The van der Waals surface area contributed by atoms with Gasteiger partial charge in [0.25, 0.3) is 0 Å². The fourth-order valence-electron chi connectivity index (χ4n) is 2.25. The Morgan fingerprint density at radius 2 is 2.06 bits per heavy atom. The zero-order valence-corrected chi connectivity index (χ0v) is 9.87. The van der Waals surface area contributed by atoms with E-state index in [1.807, 2.05) is 0 Å². The van der Waals surface area contributed by atoms with Gasteiger partial charge in [0.15, 0.2) is 0 Å². The molecular formula is C13H19N3. The Balaban J connectivity index is 2.22. The Morgan fingerprint density at radius 1 is 1.25 bits per heavy atom. The van der Waals surface area contributed by atoms with Crippen LogP contribution in [0.15, 0.2) is 12.3 Å². The largest absolute Gasteiger partial charge is 0.309 e. The van der Waals surface area contributed by atoms with E-state index >= 15 is 0 Å². The highest BCUT2D eigenvalue weighted by Crippen LogP contribution is 2.19. The maximum Gasteiger partial charge on any atom is 0.0669 e. The topological polar surface area (TPSA) is 49.6 Å². The van der Waals surface area contributed by atoms with Crippen LogP contribution in [0.25, 0.3) is 0 Å². The standard InChI is InChI=1S/C13H19N3/c1-10-9-13-11(7-8-15-16-13)5-3-2-4-6-12(10)14/h7-8,10,14H,2-6,9H2,1H3. The van der Waals surface area contributed by atoms with Crippen molar-refractivity contribution in [3.8, 4) is 0 Å². The smallest absolute Gasteiger partial charge is 0.0669 e. The first-order valence-corrected chi connectivity index (χ1v) is 6.14. The van der Waals surface area contributed by atoms with Crippen LogP contribution in [-0.2, 0) is 12.8 Å². The van der Waals surface area contributed by atoms with Crippen molar-refractivity contribution in [1.29, 1.82) is 5.41 Å². The first-order valence-electron chi connectivity index (χ1n) is 6.14. The zero-order valence-electron chi connectivity index (χ0n) is 9.87. The van der Waals surface area contributed by atoms with Crippen LogP contribution in [0.4, 0.5) is 0 Å². The van der Waals surface area contributed by atoms with Crippen molar-refractivity contribution in [1.82, 2.24) is 10.2 Å². The highest BCUT2D eigenvalue weighted by atomic mass is 15.1. The van der Waals surface area contributed by atoms with Crippen molar-refractivity contribution in [3.05, 3.63) is 23.5 Å². The molecular weight excluding hydrogens is 198 g/mol. The predicted octanol–water partition coefficient (Wildman–Crippen LogP) is 2.79. The molecule has 0 amide bonds. The van der Waals surface area contributed by atoms with Gasteiger partial charge in [-0.25, -0.2) is 0 Å². The van der Waals surface area contributed by atoms with Gasteiger partial charge in [-0.1, -0.05) is 13.3 Å². The fraction of sp³-hybridized carbons (Fsp3) is 0.615. The van der Waals surface area contributed by atoms with Crippen molar-refractivity contribution in [2.45, 2.75) is 45.4 Å². The molecule has 1 aromatic heterocycles. The zero-order chi connectivity index (χ0) is 11.4. The lowest BCUT2D eigenvalue weighted by Gasteiger charge is -2.16. The summed E-state index contributed by atoms with van der Waals surface area (Å²) in [5.74, 6) is 0.313. The summed E-state index contributed by atoms with van der Waals surface area (Å²) < 4.78 is 0. The van der Waals surface area contributed by atoms with Crippen LogP contribution < -0.4 is 0 Å². The van der Waals surface area contributed by atoms with E-state index in [1.165, 1.54) is 18.4 Å². The van der Waals surface area contributed by atoms with E-state index in [9.17, 15) is 0 Å². The summed E-state index contributed by atoms with van der Waals surface area (Å²) in [5.41, 5.74) is 3.30. The number of aromatic nitrogens is 2. The molecule has 0 radical (unpaired) electrons. The summed E-state index contributed by atoms with van der Waals surface area (Å²) in [6.45, 7) is 2.13. The summed E-state index contributed by atoms with van der Waals surface area (Å²) in [6.07, 6.45) is 8.32. The lowest BCUT2D eigenvalue weighted by molar-refractivity contribution is 0.632. The molecule has 1 unspecified atom stereocenters. The van der Waals surface area contributed by atoms with Gasteiger partial charge < -0.3 is 5.41 Å². The molecule has 1 aliphatic rings. The van der Waals surface area contributed by atoms with E-state index in [4.69, 9.17) is 5.41 Å². The molecule has 0 saturated heterocycles. The van der Waals surface area contributed by atoms with Crippen molar-refractivity contribution in [2.24, 2.45) is 5.92 Å². The first-order chi connectivity index (χ1) is 7.77. The van der Waals surface area contributed by atoms with E-state index in [1.54, 1.807) is 6.20 Å². The predicted molar refractivity (Wildman–Crippen MR) is 64.8 cm³/mol. The molecule has 0 saturated carbocycles. The van der Waals surface area contributed by atoms with E-state index in [0.29, 0.717) is 5.92 Å². The molecule has 0 fully saturated rings. The molecule has 0 bridgehead atoms. The maximum atomic E-state index is 7.99. The number of rotatable bonds is 0. The number of nitrogens with one attached hydrogen (secondary N) is 1. The van der Waals surface area contributed by atoms with Gasteiger partial charge in [0, 0.05) is 11.9 Å². The summed E-state index contributed by atoms with van der Waals surface area (Å²) in [4.78, 5) is 0. The third kappa shape index (κ3) is 2.65. The quantitative estimate of drug-likeness (QED) is 0.726. The second-order valence-corrected chi connectivity index (χ2v) is 4.69. The molecule has 16 heavy (non-hydrogen) atoms. The van der Waals surface area contributed by atoms with Gasteiger partial charge in [-0.15, -0.1) is 0 Å². The van der Waals surface area contributed by atoms with Gasteiger partial charge in [0.1, 0.15) is 0 Å². The maximum absolute atomic E-state index is 7.99. The molecule has 86 valence electrons. The molecule has 3 heteroatoms. The van der Waals surface area contributed by atoms with Gasteiger partial charge in [-0.05, 0) is 49.7 Å². The number of hydrogen-bond acceptors (Lipinski definition) is 3. The first kappa shape index (κ1) is 11.2. The summed E-state index contributed by atoms with van der Waals surface area (Å²) >= 11 is 0. The molecule has 1 aromatic rings. The molecule has 2 rings (SSSR count). The van der Waals surface area contributed by atoms with Gasteiger partial charge in [0.05, 0.1) is 5.69 Å². The number of nitrogens with zero attached hydrogens (tertiary/aromatic N) is 2. The van der Waals surface area contributed by atoms with Crippen molar-refractivity contribution in [3.63, 3.8) is 0 Å². The summed E-state index contributed by atoms with van der Waals surface area (Å²) in [6, 6.07) is 2.08. The fourth-order valence-corrected chi connectivity index (χ4v) is 2.25. The summed E-state index contributed by atoms with van der Waals surface area (Å²) in [7, 11) is 0. The second-order valence-electron chi connectivity index (χ2n) is 4.69. The minimum absolute atomic E-state index is 0.313. The third-order valence-electron chi connectivity index (χ3n) is 3.38. The van der Waals surface area contributed by atoms with Crippen LogP contribution in [0, 0.1) is 11.3 Å². The Morgan fingerprint density at radius 3 is 2.94 bits per heavy atom. The average Bonchev–Trinajstić information content (AvgIpc) is 2.30. The Hall–Kier alpha value is -1.25. The minimum atomic E-state index is 0.313. The normalized spacial score (nSPS) is 22.6. The highest BCUT2D eigenvalue weighted by molar-refractivity contribution is 5.83. The SMILES string of the molecule is CC1Cc2nnccc2CCCCCC1=N. The average molecular weight is 217 g/mol. The monoisotopic (exact) mass is 217 g/mol. The van der Waals surface area contributed by atoms with Crippen LogP contribution in [0.2, 0.25) is 0 Å². The number of aryl methyl sites for hydroxylation is 1. The van der Waals surface area contributed by atoms with E-state index < -0.39 is 0 Å². The second kappa shape index (κ2) is 5.19. The lowest BCUT2D eigenvalue weighted by Crippen LogP contribution is -2.16. The van der Waals surface area contributed by atoms with E-state index in [-0.39, 0.29) is 0 Å². The van der Waals surface area contributed by atoms with Crippen LogP contribution in [-0.4, -0.2) is 15.9 Å². The lowest BCUT2D eigenvalue weighted by atomic mass is 9.91. The van der Waals surface area contributed by atoms with Crippen LogP contribution >= 0.6 is 0 Å². The molecule has 1 aliphatic carbocycles.